The van der Waals surface area contributed by atoms with E-state index in [1.54, 1.807) is 0 Å². The summed E-state index contributed by atoms with van der Waals surface area (Å²) >= 11 is -5.68. The molecule has 4 heteroatoms. The molecule has 317 valence electrons. The number of halogens is 2. The summed E-state index contributed by atoms with van der Waals surface area (Å²) in [5.74, 6) is 1.06. The van der Waals surface area contributed by atoms with Crippen LogP contribution in [0.15, 0.2) is 139 Å². The molecule has 2 unspecified atom stereocenters. The molecule has 1 aliphatic heterocycles. The minimum atomic E-state index is -5.68. The molecule has 0 aromatic heterocycles. The fourth-order valence-electron chi connectivity index (χ4n) is 11.8. The molecule has 0 bridgehead atoms. The van der Waals surface area contributed by atoms with Gasteiger partial charge in [0.1, 0.15) is 0 Å². The molecule has 2 atom stereocenters. The fraction of sp³-hybridized carbons (Fsp3) is 0.310. The zero-order chi connectivity index (χ0) is 43.2. The van der Waals surface area contributed by atoms with Gasteiger partial charge in [0, 0.05) is 0 Å². The van der Waals surface area contributed by atoms with Crippen LogP contribution < -0.4 is 13.6 Å². The molecule has 6 aromatic rings. The van der Waals surface area contributed by atoms with Gasteiger partial charge in [-0.05, 0) is 0 Å². The summed E-state index contributed by atoms with van der Waals surface area (Å²) in [7, 11) is 18.2. The Morgan fingerprint density at radius 1 is 0.532 bits per heavy atom. The molecular weight excluding hydrogens is 887 g/mol. The van der Waals surface area contributed by atoms with E-state index in [4.69, 9.17) is 0 Å². The third-order valence-electron chi connectivity index (χ3n) is 14.2. The monoisotopic (exact) mass is 947 g/mol. The zero-order valence-corrected chi connectivity index (χ0v) is 43.1. The first-order valence-electron chi connectivity index (χ1n) is 23.6. The third-order valence-corrected chi connectivity index (χ3v) is 37.0. The Balaban J connectivity index is 1.39. The molecule has 3 aliphatic rings. The molecule has 0 nitrogen and oxygen atoms in total. The summed E-state index contributed by atoms with van der Waals surface area (Å²) in [5.41, 5.74) is 19.2. The van der Waals surface area contributed by atoms with Gasteiger partial charge in [0.15, 0.2) is 0 Å². The Morgan fingerprint density at radius 2 is 1.00 bits per heavy atom. The summed E-state index contributed by atoms with van der Waals surface area (Å²) in [6.07, 6.45) is 13.7. The Kier molecular flexibility index (Phi) is 12.6. The van der Waals surface area contributed by atoms with Crippen LogP contribution in [-0.2, 0) is 29.2 Å². The van der Waals surface area contributed by atoms with Gasteiger partial charge in [0.25, 0.3) is 0 Å². The van der Waals surface area contributed by atoms with Crippen molar-refractivity contribution in [3.05, 3.63) is 172 Å². The predicted molar refractivity (Wildman–Crippen MR) is 272 cm³/mol. The van der Waals surface area contributed by atoms with E-state index in [9.17, 15) is 17.0 Å². The first kappa shape index (κ1) is 43.7. The Bertz CT molecular complexity index is 2550. The molecule has 1 heterocycles. The molecule has 0 radical (unpaired) electrons. The van der Waals surface area contributed by atoms with Gasteiger partial charge in [0.05, 0.1) is 0 Å². The molecule has 0 fully saturated rings. The maximum atomic E-state index is 9.52. The number of fused-ring (bicyclic) bond motifs is 5. The van der Waals surface area contributed by atoms with Crippen LogP contribution in [0.4, 0.5) is 0 Å². The summed E-state index contributed by atoms with van der Waals surface area (Å²) < 4.78 is 1.19. The van der Waals surface area contributed by atoms with Crippen molar-refractivity contribution >= 4 is 52.3 Å². The molecule has 0 N–H and O–H groups in total. The number of unbranched alkanes of at least 4 members (excludes halogenated alkanes) is 2. The van der Waals surface area contributed by atoms with Crippen molar-refractivity contribution in [1.29, 1.82) is 0 Å². The number of allylic oxidation sites excluding steroid dienone is 2. The van der Waals surface area contributed by atoms with E-state index >= 15 is 0 Å². The van der Waals surface area contributed by atoms with Crippen molar-refractivity contribution in [2.75, 3.05) is 0 Å². The van der Waals surface area contributed by atoms with E-state index in [-0.39, 0.29) is 7.25 Å². The molecule has 6 aromatic carbocycles. The van der Waals surface area contributed by atoms with E-state index in [1.165, 1.54) is 91.6 Å². The molecule has 62 heavy (non-hydrogen) atoms. The summed E-state index contributed by atoms with van der Waals surface area (Å²) in [6.45, 7) is 14.0. The maximum absolute atomic E-state index is 9.52. The minimum absolute atomic E-state index is 0.0717. The van der Waals surface area contributed by atoms with Crippen LogP contribution in [0, 0.1) is 11.8 Å². The number of hydrogen-bond acceptors (Lipinski definition) is 0. The van der Waals surface area contributed by atoms with Crippen LogP contribution in [0.25, 0.3) is 45.5 Å². The van der Waals surface area contributed by atoms with Gasteiger partial charge in [-0.25, -0.2) is 0 Å². The molecule has 2 aliphatic carbocycles. The first-order valence-corrected chi connectivity index (χ1v) is 35.5. The van der Waals surface area contributed by atoms with Crippen LogP contribution in [0.3, 0.4) is 0 Å². The molecule has 0 spiro atoms. The fourth-order valence-corrected chi connectivity index (χ4v) is 39.7. The van der Waals surface area contributed by atoms with Crippen LogP contribution in [0.1, 0.15) is 121 Å². The average Bonchev–Trinajstić information content (AvgIpc) is 3.97. The molecular formula is C58H63Cl2SiZr. The molecule has 9 rings (SSSR count). The van der Waals surface area contributed by atoms with Crippen molar-refractivity contribution in [3.8, 4) is 33.4 Å². The first-order chi connectivity index (χ1) is 30.0. The van der Waals surface area contributed by atoms with Crippen molar-refractivity contribution < 1.29 is 16.4 Å². The van der Waals surface area contributed by atoms with Gasteiger partial charge in [-0.3, -0.25) is 0 Å². The van der Waals surface area contributed by atoms with Gasteiger partial charge >= 0.3 is 386 Å². The summed E-state index contributed by atoms with van der Waals surface area (Å²) in [6, 6.07) is 48.5. The quantitative estimate of drug-likeness (QED) is 0.0899. The second kappa shape index (κ2) is 17.8. The van der Waals surface area contributed by atoms with Crippen molar-refractivity contribution in [2.24, 2.45) is 11.8 Å². The van der Waals surface area contributed by atoms with Gasteiger partial charge in [-0.15, -0.1) is 0 Å². The number of hydrogen-bond donors (Lipinski definition) is 0. The van der Waals surface area contributed by atoms with Gasteiger partial charge in [-0.1, -0.05) is 0 Å². The SMILES string of the molecule is CCCCC1=Cc2c(ccc(CC(C)C)c2-c2ccccc2)[CH]1[Zr]([Cl])([Cl])([c]1cccc2c1[SiH2]c1ccccc1-2)[CH]1C(CCCC)=Cc2c1ccc(CC(C)C)c2-c1ccccc1. The third kappa shape index (κ3) is 7.58. The number of benzene rings is 6. The predicted octanol–water partition coefficient (Wildman–Crippen LogP) is 14.8. The molecule has 0 amide bonds. The van der Waals surface area contributed by atoms with Crippen molar-refractivity contribution in [3.63, 3.8) is 0 Å². The van der Waals surface area contributed by atoms with E-state index in [0.29, 0.717) is 11.8 Å². The summed E-state index contributed by atoms with van der Waals surface area (Å²) in [5, 5.41) is 3.01. The molecule has 0 saturated heterocycles. The van der Waals surface area contributed by atoms with E-state index < -0.39 is 25.9 Å². The second-order valence-electron chi connectivity index (χ2n) is 19.5. The van der Waals surface area contributed by atoms with Crippen molar-refractivity contribution in [2.45, 2.75) is 100 Å². The van der Waals surface area contributed by atoms with E-state index in [0.717, 1.165) is 51.4 Å². The Morgan fingerprint density at radius 3 is 1.48 bits per heavy atom. The van der Waals surface area contributed by atoms with Gasteiger partial charge in [0.2, 0.25) is 0 Å². The standard InChI is InChI=1S/2C23H27.C12H9Si.2ClH.Zr/c2*1-4-5-9-18-15-20-12-13-21(14-17(2)3)23(22(20)16-18)19-10-7-6-8-11-19;1-3-7-11-9(5-1)10-6-2-4-8-12(10)13-11;;;/h2*6-8,10-13,15-17H,4-5,9,14H2,1-3H3;1-7H,13H2;2*1H;/q;;;;;+2/p-2. The van der Waals surface area contributed by atoms with E-state index in [2.05, 4.69) is 181 Å². The van der Waals surface area contributed by atoms with Gasteiger partial charge < -0.3 is 0 Å². The number of rotatable bonds is 15. The van der Waals surface area contributed by atoms with E-state index in [1.807, 2.05) is 0 Å². The topological polar surface area (TPSA) is 0 Å². The summed E-state index contributed by atoms with van der Waals surface area (Å²) in [4.78, 5) is 0. The normalized spacial score (nSPS) is 17.4. The van der Waals surface area contributed by atoms with Crippen LogP contribution in [0.2, 0.25) is 0 Å². The van der Waals surface area contributed by atoms with Gasteiger partial charge in [-0.2, -0.15) is 0 Å². The average molecular weight is 950 g/mol. The zero-order valence-electron chi connectivity index (χ0n) is 37.7. The molecule has 0 saturated carbocycles. The Labute approximate surface area is 383 Å². The van der Waals surface area contributed by atoms with Crippen LogP contribution in [-0.4, -0.2) is 9.52 Å². The van der Waals surface area contributed by atoms with Crippen LogP contribution >= 0.6 is 17.0 Å². The second-order valence-corrected chi connectivity index (χ2v) is 41.9. The Hall–Kier alpha value is -3.52. The van der Waals surface area contributed by atoms with Crippen molar-refractivity contribution in [1.82, 2.24) is 0 Å². The van der Waals surface area contributed by atoms with Crippen LogP contribution in [0.5, 0.6) is 0 Å².